The van der Waals surface area contributed by atoms with Gasteiger partial charge in [0, 0.05) is 12.1 Å². The number of hydrogen-bond donors (Lipinski definition) is 1. The zero-order chi connectivity index (χ0) is 12.0. The zero-order valence-electron chi connectivity index (χ0n) is 10.5. The van der Waals surface area contributed by atoms with Gasteiger partial charge in [0.15, 0.2) is 0 Å². The minimum absolute atomic E-state index is 0.132. The normalized spacial score (nSPS) is 14.2. The minimum Gasteiger partial charge on any atom is -0.497 e. The summed E-state index contributed by atoms with van der Waals surface area (Å²) in [6.07, 6.45) is 0.132. The Morgan fingerprint density at radius 2 is 1.94 bits per heavy atom. The number of benzene rings is 1. The highest BCUT2D eigenvalue weighted by Crippen LogP contribution is 2.20. The highest BCUT2D eigenvalue weighted by atomic mass is 16.5. The van der Waals surface area contributed by atoms with Crippen LogP contribution in [0.1, 0.15) is 20.8 Å². The number of likely N-dealkylation sites (N-methyl/N-ethyl adjacent to an activating group) is 1. The molecule has 1 N–H and O–H groups in total. The Balaban J connectivity index is 2.58. The van der Waals surface area contributed by atoms with Crippen molar-refractivity contribution in [2.75, 3.05) is 13.7 Å². The summed E-state index contributed by atoms with van der Waals surface area (Å²) in [6.45, 7) is 7.23. The molecule has 0 amide bonds. The molecule has 2 atom stereocenters. The summed E-state index contributed by atoms with van der Waals surface area (Å²) in [5.41, 5.74) is 0. The van der Waals surface area contributed by atoms with Gasteiger partial charge in [0.2, 0.25) is 0 Å². The van der Waals surface area contributed by atoms with E-state index in [1.807, 2.05) is 24.3 Å². The lowest BCUT2D eigenvalue weighted by atomic mass is 10.2. The van der Waals surface area contributed by atoms with Crippen LogP contribution >= 0.6 is 0 Å². The van der Waals surface area contributed by atoms with Gasteiger partial charge in [-0.05, 0) is 32.5 Å². The molecule has 16 heavy (non-hydrogen) atoms. The van der Waals surface area contributed by atoms with Crippen molar-refractivity contribution in [3.63, 3.8) is 0 Å². The topological polar surface area (TPSA) is 30.5 Å². The van der Waals surface area contributed by atoms with E-state index in [9.17, 15) is 0 Å². The van der Waals surface area contributed by atoms with Crippen LogP contribution in [0.2, 0.25) is 0 Å². The molecular formula is C13H21NO2. The molecule has 0 bridgehead atoms. The van der Waals surface area contributed by atoms with Crippen molar-refractivity contribution < 1.29 is 9.47 Å². The molecule has 3 heteroatoms. The molecule has 2 unspecified atom stereocenters. The molecular weight excluding hydrogens is 202 g/mol. The standard InChI is InChI=1S/C13H21NO2/c1-5-14-10(2)11(3)16-13-8-6-7-12(9-13)15-4/h6-11,14H,5H2,1-4H3. The first-order chi connectivity index (χ1) is 7.67. The molecule has 0 saturated heterocycles. The van der Waals surface area contributed by atoms with Crippen molar-refractivity contribution >= 4 is 0 Å². The van der Waals surface area contributed by atoms with Crippen LogP contribution in [0.15, 0.2) is 24.3 Å². The van der Waals surface area contributed by atoms with Crippen LogP contribution in [0, 0.1) is 0 Å². The molecule has 3 nitrogen and oxygen atoms in total. The molecule has 0 aromatic heterocycles. The fourth-order valence-electron chi connectivity index (χ4n) is 1.48. The second kappa shape index (κ2) is 6.38. The smallest absolute Gasteiger partial charge is 0.123 e. The van der Waals surface area contributed by atoms with E-state index in [2.05, 4.69) is 26.1 Å². The summed E-state index contributed by atoms with van der Waals surface area (Å²) in [4.78, 5) is 0. The fraction of sp³-hybridized carbons (Fsp3) is 0.538. The second-order valence-corrected chi connectivity index (χ2v) is 3.85. The average molecular weight is 223 g/mol. The van der Waals surface area contributed by atoms with Gasteiger partial charge in [-0.1, -0.05) is 13.0 Å². The minimum atomic E-state index is 0.132. The van der Waals surface area contributed by atoms with Crippen LogP contribution in [-0.2, 0) is 0 Å². The van der Waals surface area contributed by atoms with Crippen LogP contribution in [0.3, 0.4) is 0 Å². The van der Waals surface area contributed by atoms with Crippen molar-refractivity contribution in [2.45, 2.75) is 32.9 Å². The predicted octanol–water partition coefficient (Wildman–Crippen LogP) is 2.46. The second-order valence-electron chi connectivity index (χ2n) is 3.85. The monoisotopic (exact) mass is 223 g/mol. The van der Waals surface area contributed by atoms with Gasteiger partial charge in [-0.15, -0.1) is 0 Å². The maximum absolute atomic E-state index is 5.83. The van der Waals surface area contributed by atoms with Crippen LogP contribution in [0.5, 0.6) is 11.5 Å². The Kier molecular flexibility index (Phi) is 5.12. The van der Waals surface area contributed by atoms with Gasteiger partial charge in [-0.3, -0.25) is 0 Å². The maximum Gasteiger partial charge on any atom is 0.123 e. The molecule has 1 rings (SSSR count). The SMILES string of the molecule is CCNC(C)C(C)Oc1cccc(OC)c1. The molecule has 1 aromatic rings. The van der Waals surface area contributed by atoms with Gasteiger partial charge >= 0.3 is 0 Å². The maximum atomic E-state index is 5.83. The Bertz CT molecular complexity index is 315. The van der Waals surface area contributed by atoms with Gasteiger partial charge in [0.05, 0.1) is 7.11 Å². The Morgan fingerprint density at radius 1 is 1.25 bits per heavy atom. The van der Waals surface area contributed by atoms with E-state index in [0.717, 1.165) is 18.0 Å². The predicted molar refractivity (Wildman–Crippen MR) is 66.2 cm³/mol. The summed E-state index contributed by atoms with van der Waals surface area (Å²) in [6, 6.07) is 8.01. The van der Waals surface area contributed by atoms with Crippen molar-refractivity contribution in [3.8, 4) is 11.5 Å². The Hall–Kier alpha value is -1.22. The summed E-state index contributed by atoms with van der Waals surface area (Å²) >= 11 is 0. The van der Waals surface area contributed by atoms with Crippen LogP contribution in [-0.4, -0.2) is 25.8 Å². The van der Waals surface area contributed by atoms with Crippen LogP contribution in [0.25, 0.3) is 0 Å². The molecule has 0 fully saturated rings. The van der Waals surface area contributed by atoms with E-state index in [-0.39, 0.29) is 6.10 Å². The fourth-order valence-corrected chi connectivity index (χ4v) is 1.48. The third-order valence-electron chi connectivity index (χ3n) is 2.59. The molecule has 0 saturated carbocycles. The molecule has 1 aromatic carbocycles. The van der Waals surface area contributed by atoms with Gasteiger partial charge < -0.3 is 14.8 Å². The van der Waals surface area contributed by atoms with E-state index in [0.29, 0.717) is 6.04 Å². The van der Waals surface area contributed by atoms with E-state index in [1.54, 1.807) is 7.11 Å². The van der Waals surface area contributed by atoms with Gasteiger partial charge in [-0.25, -0.2) is 0 Å². The summed E-state index contributed by atoms with van der Waals surface area (Å²) in [5.74, 6) is 1.66. The molecule has 0 aliphatic carbocycles. The Labute approximate surface area is 97.8 Å². The van der Waals surface area contributed by atoms with Crippen molar-refractivity contribution in [1.82, 2.24) is 5.32 Å². The first kappa shape index (κ1) is 12.8. The molecule has 0 heterocycles. The number of rotatable bonds is 6. The Morgan fingerprint density at radius 3 is 2.56 bits per heavy atom. The highest BCUT2D eigenvalue weighted by Gasteiger charge is 2.12. The lowest BCUT2D eigenvalue weighted by molar-refractivity contribution is 0.178. The van der Waals surface area contributed by atoms with E-state index >= 15 is 0 Å². The number of hydrogen-bond acceptors (Lipinski definition) is 3. The zero-order valence-corrected chi connectivity index (χ0v) is 10.5. The number of ether oxygens (including phenoxy) is 2. The molecule has 0 aliphatic rings. The van der Waals surface area contributed by atoms with Gasteiger partial charge in [-0.2, -0.15) is 0 Å². The van der Waals surface area contributed by atoms with Crippen LogP contribution < -0.4 is 14.8 Å². The number of nitrogens with one attached hydrogen (secondary N) is 1. The van der Waals surface area contributed by atoms with Crippen LogP contribution in [0.4, 0.5) is 0 Å². The number of methoxy groups -OCH3 is 1. The first-order valence-corrected chi connectivity index (χ1v) is 5.71. The lowest BCUT2D eigenvalue weighted by Crippen LogP contribution is -2.38. The quantitative estimate of drug-likeness (QED) is 0.803. The van der Waals surface area contributed by atoms with E-state index in [4.69, 9.17) is 9.47 Å². The highest BCUT2D eigenvalue weighted by molar-refractivity contribution is 5.32. The third-order valence-corrected chi connectivity index (χ3v) is 2.59. The molecule has 0 spiro atoms. The van der Waals surface area contributed by atoms with E-state index < -0.39 is 0 Å². The molecule has 90 valence electrons. The van der Waals surface area contributed by atoms with E-state index in [1.165, 1.54) is 0 Å². The molecule has 0 aliphatic heterocycles. The van der Waals surface area contributed by atoms with Gasteiger partial charge in [0.1, 0.15) is 17.6 Å². The average Bonchev–Trinajstić information content (AvgIpc) is 2.29. The summed E-state index contributed by atoms with van der Waals surface area (Å²) in [5, 5.41) is 3.34. The molecule has 0 radical (unpaired) electrons. The summed E-state index contributed by atoms with van der Waals surface area (Å²) in [7, 11) is 1.66. The van der Waals surface area contributed by atoms with Crippen molar-refractivity contribution in [3.05, 3.63) is 24.3 Å². The third kappa shape index (κ3) is 3.74. The lowest BCUT2D eigenvalue weighted by Gasteiger charge is -2.22. The largest absolute Gasteiger partial charge is 0.497 e. The first-order valence-electron chi connectivity index (χ1n) is 5.71. The van der Waals surface area contributed by atoms with Crippen molar-refractivity contribution in [1.29, 1.82) is 0 Å². The van der Waals surface area contributed by atoms with Crippen molar-refractivity contribution in [2.24, 2.45) is 0 Å². The van der Waals surface area contributed by atoms with Gasteiger partial charge in [0.25, 0.3) is 0 Å². The summed E-state index contributed by atoms with van der Waals surface area (Å²) < 4.78 is 11.0.